The summed E-state index contributed by atoms with van der Waals surface area (Å²) in [5.74, 6) is 2.49. The molecule has 0 radical (unpaired) electrons. The van der Waals surface area contributed by atoms with Gasteiger partial charge in [-0.1, -0.05) is 6.92 Å². The molecule has 0 saturated carbocycles. The summed E-state index contributed by atoms with van der Waals surface area (Å²) in [4.78, 5) is 35.1. The highest BCUT2D eigenvalue weighted by molar-refractivity contribution is 5.70. The maximum Gasteiger partial charge on any atom is 0.410 e. The van der Waals surface area contributed by atoms with Crippen LogP contribution in [0, 0.1) is 0 Å². The summed E-state index contributed by atoms with van der Waals surface area (Å²) in [6.07, 6.45) is 8.00. The van der Waals surface area contributed by atoms with E-state index in [0.717, 1.165) is 23.6 Å². The van der Waals surface area contributed by atoms with Crippen LogP contribution in [-0.2, 0) is 11.2 Å². The van der Waals surface area contributed by atoms with Gasteiger partial charge in [-0.3, -0.25) is 0 Å². The highest BCUT2D eigenvalue weighted by atomic mass is 16.6. The number of nitrogens with one attached hydrogen (secondary N) is 2. The van der Waals surface area contributed by atoms with Gasteiger partial charge in [0.25, 0.3) is 0 Å². The van der Waals surface area contributed by atoms with Gasteiger partial charge in [0.05, 0.1) is 0 Å². The zero-order valence-corrected chi connectivity index (χ0v) is 23.0. The van der Waals surface area contributed by atoms with Gasteiger partial charge in [-0.15, -0.1) is 0 Å². The Labute approximate surface area is 228 Å². The average Bonchev–Trinajstić information content (AvgIpc) is 3.35. The second kappa shape index (κ2) is 10.8. The molecule has 5 heterocycles. The standard InChI is InChI=1S/C28H35N9O2/c1-6-20-7-9-29-22(15-20)32-26-33-23(31-21-8-11-35-12-10-30-24(35)16-21)17-25(34-26)36-13-14-37(19(2)18-36)27(38)39-28(3,4)5/h7-12,15-17,19H,6,13-14,18H2,1-5H3,(H2,29,31,32,33,34)/t19-/m0/s1. The lowest BCUT2D eigenvalue weighted by atomic mass is 10.2. The molecule has 0 unspecified atom stereocenters. The maximum absolute atomic E-state index is 12.7. The number of amides is 1. The highest BCUT2D eigenvalue weighted by Gasteiger charge is 2.31. The van der Waals surface area contributed by atoms with Crippen LogP contribution in [0.15, 0.2) is 55.1 Å². The zero-order chi connectivity index (χ0) is 27.6. The first-order valence-corrected chi connectivity index (χ1v) is 13.2. The fourth-order valence-corrected chi connectivity index (χ4v) is 4.49. The monoisotopic (exact) mass is 529 g/mol. The molecule has 11 nitrogen and oxygen atoms in total. The van der Waals surface area contributed by atoms with Crippen LogP contribution in [0.4, 0.5) is 33.9 Å². The Hall–Kier alpha value is -4.41. The number of hydrogen-bond acceptors (Lipinski definition) is 9. The van der Waals surface area contributed by atoms with Crippen molar-refractivity contribution < 1.29 is 9.53 Å². The van der Waals surface area contributed by atoms with Gasteiger partial charge in [0.1, 0.15) is 28.7 Å². The van der Waals surface area contributed by atoms with Crippen LogP contribution in [0.2, 0.25) is 0 Å². The maximum atomic E-state index is 12.7. The number of carbonyl (C=O) groups is 1. The van der Waals surface area contributed by atoms with Crippen molar-refractivity contribution in [3.05, 3.63) is 60.7 Å². The molecular weight excluding hydrogens is 494 g/mol. The van der Waals surface area contributed by atoms with Gasteiger partial charge in [0, 0.05) is 68.3 Å². The van der Waals surface area contributed by atoms with Gasteiger partial charge >= 0.3 is 6.09 Å². The smallest absolute Gasteiger partial charge is 0.410 e. The van der Waals surface area contributed by atoms with E-state index in [1.54, 1.807) is 17.3 Å². The molecule has 1 atom stereocenters. The van der Waals surface area contributed by atoms with Gasteiger partial charge in [-0.05, 0) is 57.9 Å². The Morgan fingerprint density at radius 1 is 1.03 bits per heavy atom. The van der Waals surface area contributed by atoms with Crippen LogP contribution in [0.1, 0.15) is 40.2 Å². The molecule has 39 heavy (non-hydrogen) atoms. The molecule has 0 spiro atoms. The summed E-state index contributed by atoms with van der Waals surface area (Å²) in [6.45, 7) is 11.5. The number of fused-ring (bicyclic) bond motifs is 1. The van der Waals surface area contributed by atoms with E-state index in [0.29, 0.717) is 37.2 Å². The van der Waals surface area contributed by atoms with Crippen molar-refractivity contribution in [2.24, 2.45) is 0 Å². The third-order valence-electron chi connectivity index (χ3n) is 6.43. The summed E-state index contributed by atoms with van der Waals surface area (Å²) in [7, 11) is 0. The number of rotatable bonds is 6. The van der Waals surface area contributed by atoms with Crippen molar-refractivity contribution in [1.82, 2.24) is 29.2 Å². The van der Waals surface area contributed by atoms with Gasteiger partial charge in [0.15, 0.2) is 0 Å². The topological polar surface area (TPSA) is 113 Å². The molecular formula is C28H35N9O2. The van der Waals surface area contributed by atoms with E-state index in [-0.39, 0.29) is 12.1 Å². The molecule has 4 aromatic rings. The van der Waals surface area contributed by atoms with Crippen molar-refractivity contribution in [1.29, 1.82) is 0 Å². The van der Waals surface area contributed by atoms with E-state index >= 15 is 0 Å². The van der Waals surface area contributed by atoms with Crippen molar-refractivity contribution in [2.75, 3.05) is 35.2 Å². The molecule has 4 aromatic heterocycles. The quantitative estimate of drug-likeness (QED) is 0.356. The number of nitrogens with zero attached hydrogens (tertiary/aromatic N) is 7. The number of imidazole rings is 1. The Morgan fingerprint density at radius 3 is 2.64 bits per heavy atom. The molecule has 1 aliphatic heterocycles. The van der Waals surface area contributed by atoms with Crippen LogP contribution < -0.4 is 15.5 Å². The third kappa shape index (κ3) is 6.36. The predicted molar refractivity (Wildman–Crippen MR) is 152 cm³/mol. The normalized spacial score (nSPS) is 15.9. The molecule has 2 N–H and O–H groups in total. The molecule has 204 valence electrons. The first-order chi connectivity index (χ1) is 18.7. The van der Waals surface area contributed by atoms with Gasteiger partial charge < -0.3 is 29.6 Å². The molecule has 0 aromatic carbocycles. The number of pyridine rings is 2. The first kappa shape index (κ1) is 26.2. The Morgan fingerprint density at radius 2 is 1.87 bits per heavy atom. The van der Waals surface area contributed by atoms with E-state index in [4.69, 9.17) is 14.7 Å². The molecule has 0 aliphatic carbocycles. The SMILES string of the molecule is CCc1ccnc(Nc2nc(Nc3ccn4ccnc4c3)cc(N3CCN(C(=O)OC(C)(C)C)[C@@H](C)C3)n2)c1. The predicted octanol–water partition coefficient (Wildman–Crippen LogP) is 5.01. The van der Waals surface area contributed by atoms with Gasteiger partial charge in [0.2, 0.25) is 5.95 Å². The van der Waals surface area contributed by atoms with Crippen molar-refractivity contribution in [3.8, 4) is 0 Å². The number of carbonyl (C=O) groups excluding carboxylic acids is 1. The molecule has 1 amide bonds. The van der Waals surface area contributed by atoms with E-state index in [2.05, 4.69) is 32.4 Å². The Balaban J connectivity index is 1.41. The highest BCUT2D eigenvalue weighted by Crippen LogP contribution is 2.26. The third-order valence-corrected chi connectivity index (χ3v) is 6.43. The van der Waals surface area contributed by atoms with Crippen LogP contribution >= 0.6 is 0 Å². The van der Waals surface area contributed by atoms with Crippen LogP contribution in [0.5, 0.6) is 0 Å². The summed E-state index contributed by atoms with van der Waals surface area (Å²) >= 11 is 0. The van der Waals surface area contributed by atoms with Gasteiger partial charge in [-0.25, -0.2) is 14.8 Å². The molecule has 0 bridgehead atoms. The molecule has 1 aliphatic rings. The molecule has 11 heteroatoms. The number of aryl methyl sites for hydroxylation is 1. The number of ether oxygens (including phenoxy) is 1. The Kier molecular flexibility index (Phi) is 7.23. The number of hydrogen-bond donors (Lipinski definition) is 2. The molecule has 1 saturated heterocycles. The fraction of sp³-hybridized carbons (Fsp3) is 0.393. The zero-order valence-electron chi connectivity index (χ0n) is 23.0. The Bertz CT molecular complexity index is 1460. The minimum absolute atomic E-state index is 0.0536. The molecule has 1 fully saturated rings. The largest absolute Gasteiger partial charge is 0.444 e. The minimum Gasteiger partial charge on any atom is -0.444 e. The molecule has 5 rings (SSSR count). The van der Waals surface area contributed by atoms with Crippen LogP contribution in [-0.4, -0.2) is 66.6 Å². The second-order valence-corrected chi connectivity index (χ2v) is 10.7. The van der Waals surface area contributed by atoms with Crippen molar-refractivity contribution in [2.45, 2.75) is 52.7 Å². The summed E-state index contributed by atoms with van der Waals surface area (Å²) < 4.78 is 7.56. The second-order valence-electron chi connectivity index (χ2n) is 10.7. The van der Waals surface area contributed by atoms with Gasteiger partial charge in [-0.2, -0.15) is 9.97 Å². The van der Waals surface area contributed by atoms with Crippen molar-refractivity contribution >= 4 is 40.8 Å². The lowest BCUT2D eigenvalue weighted by molar-refractivity contribution is 0.0158. The van der Waals surface area contributed by atoms with E-state index < -0.39 is 5.60 Å². The van der Waals surface area contributed by atoms with Crippen LogP contribution in [0.3, 0.4) is 0 Å². The van der Waals surface area contributed by atoms with Crippen molar-refractivity contribution in [3.63, 3.8) is 0 Å². The van der Waals surface area contributed by atoms with Crippen LogP contribution in [0.25, 0.3) is 5.65 Å². The fourth-order valence-electron chi connectivity index (χ4n) is 4.49. The first-order valence-electron chi connectivity index (χ1n) is 13.2. The van der Waals surface area contributed by atoms with E-state index in [1.165, 1.54) is 5.56 Å². The van der Waals surface area contributed by atoms with E-state index in [1.807, 2.05) is 74.8 Å². The minimum atomic E-state index is -0.537. The summed E-state index contributed by atoms with van der Waals surface area (Å²) in [5.41, 5.74) is 2.32. The van der Waals surface area contributed by atoms with E-state index in [9.17, 15) is 4.79 Å². The lowest BCUT2D eigenvalue weighted by Gasteiger charge is -2.40. The summed E-state index contributed by atoms with van der Waals surface area (Å²) in [5, 5.41) is 6.67. The average molecular weight is 530 g/mol. The number of piperazine rings is 1. The lowest BCUT2D eigenvalue weighted by Crippen LogP contribution is -2.55. The number of aromatic nitrogens is 5. The summed E-state index contributed by atoms with van der Waals surface area (Å²) in [6, 6.07) is 9.79. The number of anilines is 5.